The molecule has 2 heterocycles. The fourth-order valence-corrected chi connectivity index (χ4v) is 2.52. The van der Waals surface area contributed by atoms with Gasteiger partial charge in [0.2, 0.25) is 0 Å². The van der Waals surface area contributed by atoms with Gasteiger partial charge < -0.3 is 10.1 Å². The van der Waals surface area contributed by atoms with E-state index in [1.165, 1.54) is 5.56 Å². The third-order valence-electron chi connectivity index (χ3n) is 3.57. The van der Waals surface area contributed by atoms with Gasteiger partial charge in [-0.3, -0.25) is 0 Å². The molecule has 4 nitrogen and oxygen atoms in total. The Labute approximate surface area is 119 Å². The predicted octanol–water partition coefficient (Wildman–Crippen LogP) is 2.50. The molecule has 2 aromatic rings. The van der Waals surface area contributed by atoms with Crippen molar-refractivity contribution in [2.24, 2.45) is 0 Å². The number of benzene rings is 1. The van der Waals surface area contributed by atoms with Gasteiger partial charge in [0.1, 0.15) is 11.6 Å². The van der Waals surface area contributed by atoms with Gasteiger partial charge in [-0.25, -0.2) is 9.97 Å². The van der Waals surface area contributed by atoms with E-state index in [1.54, 1.807) is 0 Å². The minimum absolute atomic E-state index is 0.244. The summed E-state index contributed by atoms with van der Waals surface area (Å²) in [6.07, 6.45) is 4.77. The summed E-state index contributed by atoms with van der Waals surface area (Å²) in [5, 5.41) is 3.28. The van der Waals surface area contributed by atoms with Crippen LogP contribution in [0.1, 0.15) is 36.2 Å². The van der Waals surface area contributed by atoms with Gasteiger partial charge in [-0.2, -0.15) is 0 Å². The summed E-state index contributed by atoms with van der Waals surface area (Å²) < 4.78 is 5.69. The first kappa shape index (κ1) is 13.1. The van der Waals surface area contributed by atoms with Crippen molar-refractivity contribution in [3.63, 3.8) is 0 Å². The van der Waals surface area contributed by atoms with Crippen LogP contribution in [0.25, 0.3) is 0 Å². The average molecular weight is 269 g/mol. The third-order valence-corrected chi connectivity index (χ3v) is 3.57. The van der Waals surface area contributed by atoms with Crippen LogP contribution in [0.2, 0.25) is 0 Å². The first-order valence-corrected chi connectivity index (χ1v) is 7.11. The highest BCUT2D eigenvalue weighted by atomic mass is 16.5. The minimum Gasteiger partial charge on any atom is -0.493 e. The maximum atomic E-state index is 5.69. The second-order valence-electron chi connectivity index (χ2n) is 4.96. The topological polar surface area (TPSA) is 47.0 Å². The van der Waals surface area contributed by atoms with Gasteiger partial charge in [0.05, 0.1) is 12.5 Å². The van der Waals surface area contributed by atoms with Crippen LogP contribution in [0.5, 0.6) is 5.75 Å². The third kappa shape index (κ3) is 2.65. The fourth-order valence-electron chi connectivity index (χ4n) is 2.52. The number of ether oxygens (including phenoxy) is 1. The normalized spacial score (nSPS) is 17.4. The fraction of sp³-hybridized carbons (Fsp3) is 0.375. The number of rotatable bonds is 4. The van der Waals surface area contributed by atoms with E-state index in [9.17, 15) is 0 Å². The van der Waals surface area contributed by atoms with E-state index < -0.39 is 0 Å². The Morgan fingerprint density at radius 3 is 2.85 bits per heavy atom. The molecule has 3 rings (SSSR count). The molecule has 20 heavy (non-hydrogen) atoms. The molecule has 1 atom stereocenters. The van der Waals surface area contributed by atoms with E-state index in [4.69, 9.17) is 4.74 Å². The van der Waals surface area contributed by atoms with Crippen LogP contribution >= 0.6 is 0 Å². The lowest BCUT2D eigenvalue weighted by Crippen LogP contribution is -2.18. The number of para-hydroxylation sites is 1. The number of hydrogen-bond donors (Lipinski definition) is 1. The van der Waals surface area contributed by atoms with Gasteiger partial charge in [-0.05, 0) is 19.0 Å². The summed E-state index contributed by atoms with van der Waals surface area (Å²) in [5.41, 5.74) is 2.31. The standard InChI is InChI=1S/C16H19N3O/c1-2-17-9-12-10-18-16(19-11-12)14-7-8-20-15-6-4-3-5-13(14)15/h3-6,10-11,14,17H,2,7-9H2,1H3. The summed E-state index contributed by atoms with van der Waals surface area (Å²) in [6, 6.07) is 8.16. The average Bonchev–Trinajstić information content (AvgIpc) is 2.53. The number of nitrogens with one attached hydrogen (secondary N) is 1. The van der Waals surface area contributed by atoms with E-state index in [-0.39, 0.29) is 5.92 Å². The number of fused-ring (bicyclic) bond motifs is 1. The summed E-state index contributed by atoms with van der Waals surface area (Å²) in [6.45, 7) is 4.59. The second-order valence-corrected chi connectivity index (χ2v) is 4.96. The molecular weight excluding hydrogens is 250 g/mol. The monoisotopic (exact) mass is 269 g/mol. The highest BCUT2D eigenvalue weighted by Crippen LogP contribution is 2.36. The molecule has 0 saturated heterocycles. The number of hydrogen-bond acceptors (Lipinski definition) is 4. The molecule has 0 fully saturated rings. The largest absolute Gasteiger partial charge is 0.493 e. The molecule has 0 spiro atoms. The molecule has 1 aliphatic rings. The van der Waals surface area contributed by atoms with E-state index in [0.717, 1.165) is 43.3 Å². The summed E-state index contributed by atoms with van der Waals surface area (Å²) in [7, 11) is 0. The maximum absolute atomic E-state index is 5.69. The van der Waals surface area contributed by atoms with E-state index in [2.05, 4.69) is 28.3 Å². The minimum atomic E-state index is 0.244. The molecule has 1 aliphatic heterocycles. The Bertz CT molecular complexity index is 568. The Hall–Kier alpha value is -1.94. The molecule has 4 heteroatoms. The number of aromatic nitrogens is 2. The van der Waals surface area contributed by atoms with Crippen molar-refractivity contribution in [1.29, 1.82) is 0 Å². The lowest BCUT2D eigenvalue weighted by molar-refractivity contribution is 0.274. The lowest BCUT2D eigenvalue weighted by atomic mass is 9.92. The lowest BCUT2D eigenvalue weighted by Gasteiger charge is -2.24. The summed E-state index contributed by atoms with van der Waals surface area (Å²) in [5.74, 6) is 2.10. The van der Waals surface area contributed by atoms with Crippen molar-refractivity contribution in [2.45, 2.75) is 25.8 Å². The molecule has 0 aliphatic carbocycles. The highest BCUT2D eigenvalue weighted by Gasteiger charge is 2.24. The zero-order valence-corrected chi connectivity index (χ0v) is 11.7. The van der Waals surface area contributed by atoms with Gasteiger partial charge in [-0.1, -0.05) is 25.1 Å². The van der Waals surface area contributed by atoms with Crippen LogP contribution in [0.15, 0.2) is 36.7 Å². The molecule has 1 aromatic carbocycles. The first-order chi connectivity index (χ1) is 9.88. The molecular formula is C16H19N3O. The van der Waals surface area contributed by atoms with Crippen molar-refractivity contribution in [2.75, 3.05) is 13.2 Å². The van der Waals surface area contributed by atoms with Crippen LogP contribution in [-0.4, -0.2) is 23.1 Å². The zero-order valence-electron chi connectivity index (χ0n) is 11.7. The molecule has 1 N–H and O–H groups in total. The molecule has 1 unspecified atom stereocenters. The van der Waals surface area contributed by atoms with Crippen molar-refractivity contribution < 1.29 is 4.74 Å². The SMILES string of the molecule is CCNCc1cnc(C2CCOc3ccccc32)nc1. The van der Waals surface area contributed by atoms with Crippen molar-refractivity contribution >= 4 is 0 Å². The van der Waals surface area contributed by atoms with E-state index in [0.29, 0.717) is 0 Å². The molecule has 0 radical (unpaired) electrons. The summed E-state index contributed by atoms with van der Waals surface area (Å²) >= 11 is 0. The second kappa shape index (κ2) is 6.01. The molecule has 0 saturated carbocycles. The maximum Gasteiger partial charge on any atom is 0.135 e. The Kier molecular flexibility index (Phi) is 3.92. The molecule has 1 aromatic heterocycles. The Balaban J connectivity index is 1.83. The van der Waals surface area contributed by atoms with Crippen molar-refractivity contribution in [3.05, 3.63) is 53.6 Å². The van der Waals surface area contributed by atoms with E-state index >= 15 is 0 Å². The highest BCUT2D eigenvalue weighted by molar-refractivity contribution is 5.40. The number of nitrogens with zero attached hydrogens (tertiary/aromatic N) is 2. The van der Waals surface area contributed by atoms with Crippen LogP contribution in [0.4, 0.5) is 0 Å². The van der Waals surface area contributed by atoms with Crippen LogP contribution < -0.4 is 10.1 Å². The zero-order chi connectivity index (χ0) is 13.8. The predicted molar refractivity (Wildman–Crippen MR) is 77.8 cm³/mol. The van der Waals surface area contributed by atoms with Crippen LogP contribution in [0.3, 0.4) is 0 Å². The van der Waals surface area contributed by atoms with Gasteiger partial charge >= 0.3 is 0 Å². The molecule has 0 bridgehead atoms. The molecule has 104 valence electrons. The molecule has 0 amide bonds. The van der Waals surface area contributed by atoms with Crippen molar-refractivity contribution in [1.82, 2.24) is 15.3 Å². The Morgan fingerprint density at radius 2 is 2.05 bits per heavy atom. The van der Waals surface area contributed by atoms with Gasteiger partial charge in [0.25, 0.3) is 0 Å². The smallest absolute Gasteiger partial charge is 0.135 e. The van der Waals surface area contributed by atoms with Crippen LogP contribution in [0, 0.1) is 0 Å². The van der Waals surface area contributed by atoms with Gasteiger partial charge in [0.15, 0.2) is 0 Å². The van der Waals surface area contributed by atoms with E-state index in [1.807, 2.05) is 30.6 Å². The van der Waals surface area contributed by atoms with Crippen molar-refractivity contribution in [3.8, 4) is 5.75 Å². The van der Waals surface area contributed by atoms with Gasteiger partial charge in [-0.15, -0.1) is 0 Å². The quantitative estimate of drug-likeness (QED) is 0.926. The summed E-state index contributed by atoms with van der Waals surface area (Å²) in [4.78, 5) is 9.09. The van der Waals surface area contributed by atoms with Gasteiger partial charge in [0, 0.05) is 30.1 Å². The first-order valence-electron chi connectivity index (χ1n) is 7.11. The van der Waals surface area contributed by atoms with Crippen LogP contribution in [-0.2, 0) is 6.54 Å². The Morgan fingerprint density at radius 1 is 1.25 bits per heavy atom.